The maximum Gasteiger partial charge on any atom is 0.313 e. The number of hydrogen-bond acceptors (Lipinski definition) is 3. The van der Waals surface area contributed by atoms with Gasteiger partial charge in [-0.2, -0.15) is 0 Å². The topological polar surface area (TPSA) is 78.5 Å². The molecule has 1 fully saturated rings. The molecule has 0 saturated carbocycles. The van der Waals surface area contributed by atoms with Crippen molar-refractivity contribution in [1.82, 2.24) is 10.2 Å². The second-order valence-electron chi connectivity index (χ2n) is 5.27. The number of halogens is 3. The van der Waals surface area contributed by atoms with E-state index in [0.717, 1.165) is 12.5 Å². The van der Waals surface area contributed by atoms with E-state index in [1.165, 1.54) is 0 Å². The molecule has 1 aromatic carbocycles. The van der Waals surface area contributed by atoms with E-state index in [4.69, 9.17) is 0 Å². The zero-order chi connectivity index (χ0) is 17.7. The Kier molecular flexibility index (Phi) is 5.78. The van der Waals surface area contributed by atoms with Gasteiger partial charge in [-0.15, -0.1) is 0 Å². The minimum atomic E-state index is -1.73. The lowest BCUT2D eigenvalue weighted by Crippen LogP contribution is -2.37. The molecule has 0 radical (unpaired) electrons. The molecule has 3 amide bonds. The number of rotatable bonds is 5. The standard InChI is InChI=1S/C15H16F3N3O3/c16-9-4-5-10(13(18)12(9)17)20-15(24)14(23)19-6-2-8-21-7-1-3-11(21)22/h4-5H,1-3,6-8H2,(H,19,23)(H,20,24). The number of hydrogen-bond donors (Lipinski definition) is 2. The monoisotopic (exact) mass is 343 g/mol. The normalized spacial score (nSPS) is 14.0. The molecule has 2 rings (SSSR count). The van der Waals surface area contributed by atoms with Gasteiger partial charge < -0.3 is 15.5 Å². The molecule has 9 heteroatoms. The summed E-state index contributed by atoms with van der Waals surface area (Å²) in [4.78, 5) is 36.2. The number of benzene rings is 1. The van der Waals surface area contributed by atoms with Gasteiger partial charge in [-0.1, -0.05) is 0 Å². The summed E-state index contributed by atoms with van der Waals surface area (Å²) in [5.41, 5.74) is -0.628. The molecule has 1 saturated heterocycles. The summed E-state index contributed by atoms with van der Waals surface area (Å²) in [6, 6.07) is 1.46. The number of amides is 3. The maximum atomic E-state index is 13.4. The van der Waals surface area contributed by atoms with Crippen molar-refractivity contribution in [3.8, 4) is 0 Å². The summed E-state index contributed by atoms with van der Waals surface area (Å²) in [5.74, 6) is -6.88. The molecule has 0 spiro atoms. The highest BCUT2D eigenvalue weighted by Gasteiger charge is 2.21. The van der Waals surface area contributed by atoms with Crippen LogP contribution in [0.4, 0.5) is 18.9 Å². The average molecular weight is 343 g/mol. The van der Waals surface area contributed by atoms with Gasteiger partial charge in [-0.3, -0.25) is 14.4 Å². The predicted octanol–water partition coefficient (Wildman–Crippen LogP) is 1.17. The van der Waals surface area contributed by atoms with E-state index in [1.54, 1.807) is 4.90 Å². The van der Waals surface area contributed by atoms with Gasteiger partial charge >= 0.3 is 11.8 Å². The maximum absolute atomic E-state index is 13.4. The van der Waals surface area contributed by atoms with E-state index in [2.05, 4.69) is 5.32 Å². The smallest absolute Gasteiger partial charge is 0.313 e. The van der Waals surface area contributed by atoms with Crippen LogP contribution in [0.2, 0.25) is 0 Å². The Morgan fingerprint density at radius 1 is 1.12 bits per heavy atom. The molecule has 1 aliphatic rings. The third-order valence-electron chi connectivity index (χ3n) is 3.55. The Morgan fingerprint density at radius 2 is 1.88 bits per heavy atom. The Balaban J connectivity index is 1.77. The van der Waals surface area contributed by atoms with Crippen molar-refractivity contribution < 1.29 is 27.6 Å². The summed E-state index contributed by atoms with van der Waals surface area (Å²) in [6.45, 7) is 1.30. The first-order chi connectivity index (χ1) is 11.4. The lowest BCUT2D eigenvalue weighted by Gasteiger charge is -2.15. The van der Waals surface area contributed by atoms with E-state index in [0.29, 0.717) is 32.0 Å². The van der Waals surface area contributed by atoms with Gasteiger partial charge in [0.15, 0.2) is 17.5 Å². The predicted molar refractivity (Wildman–Crippen MR) is 78.4 cm³/mol. The summed E-state index contributed by atoms with van der Waals surface area (Å²) in [5, 5.41) is 4.18. The van der Waals surface area contributed by atoms with Gasteiger partial charge in [0.1, 0.15) is 0 Å². The summed E-state index contributed by atoms with van der Waals surface area (Å²) < 4.78 is 39.2. The van der Waals surface area contributed by atoms with Crippen molar-refractivity contribution >= 4 is 23.4 Å². The SMILES string of the molecule is O=C(NCCCN1CCCC1=O)C(=O)Nc1ccc(F)c(F)c1F. The molecule has 1 heterocycles. The fourth-order valence-electron chi connectivity index (χ4n) is 2.29. The number of nitrogens with zero attached hydrogens (tertiary/aromatic N) is 1. The molecule has 1 aromatic rings. The molecule has 6 nitrogen and oxygen atoms in total. The van der Waals surface area contributed by atoms with Crippen LogP contribution in [0.3, 0.4) is 0 Å². The van der Waals surface area contributed by atoms with Crippen LogP contribution < -0.4 is 10.6 Å². The Bertz CT molecular complexity index is 667. The van der Waals surface area contributed by atoms with Crippen LogP contribution in [0, 0.1) is 17.5 Å². The van der Waals surface area contributed by atoms with Gasteiger partial charge in [0, 0.05) is 26.1 Å². The van der Waals surface area contributed by atoms with E-state index in [1.807, 2.05) is 5.32 Å². The van der Waals surface area contributed by atoms with Crippen molar-refractivity contribution in [3.63, 3.8) is 0 Å². The number of anilines is 1. The number of nitrogens with one attached hydrogen (secondary N) is 2. The van der Waals surface area contributed by atoms with E-state index in [9.17, 15) is 27.6 Å². The van der Waals surface area contributed by atoms with E-state index >= 15 is 0 Å². The molecule has 2 N–H and O–H groups in total. The Labute approximate surface area is 136 Å². The zero-order valence-corrected chi connectivity index (χ0v) is 12.7. The van der Waals surface area contributed by atoms with E-state index < -0.39 is 35.0 Å². The van der Waals surface area contributed by atoms with Crippen LogP contribution in [0.5, 0.6) is 0 Å². The van der Waals surface area contributed by atoms with Crippen LogP contribution in [-0.2, 0) is 14.4 Å². The first kappa shape index (κ1) is 17.8. The van der Waals surface area contributed by atoms with Crippen LogP contribution in [-0.4, -0.2) is 42.3 Å². The minimum Gasteiger partial charge on any atom is -0.348 e. The van der Waals surface area contributed by atoms with Gasteiger partial charge in [0.25, 0.3) is 0 Å². The highest BCUT2D eigenvalue weighted by atomic mass is 19.2. The number of carbonyl (C=O) groups excluding carboxylic acids is 3. The third kappa shape index (κ3) is 4.24. The van der Waals surface area contributed by atoms with Crippen molar-refractivity contribution in [2.75, 3.05) is 25.0 Å². The van der Waals surface area contributed by atoms with Crippen LogP contribution in [0.1, 0.15) is 19.3 Å². The molecule has 130 valence electrons. The van der Waals surface area contributed by atoms with Gasteiger partial charge in [0.05, 0.1) is 5.69 Å². The fourth-order valence-corrected chi connectivity index (χ4v) is 2.29. The molecule has 0 unspecified atom stereocenters. The van der Waals surface area contributed by atoms with Gasteiger partial charge in [-0.25, -0.2) is 13.2 Å². The van der Waals surface area contributed by atoms with Crippen LogP contribution in [0.25, 0.3) is 0 Å². The lowest BCUT2D eigenvalue weighted by molar-refractivity contribution is -0.136. The minimum absolute atomic E-state index is 0.0629. The Hall–Kier alpha value is -2.58. The average Bonchev–Trinajstić information content (AvgIpc) is 2.97. The Morgan fingerprint density at radius 3 is 2.54 bits per heavy atom. The van der Waals surface area contributed by atoms with Gasteiger partial charge in [0.2, 0.25) is 5.91 Å². The first-order valence-corrected chi connectivity index (χ1v) is 7.40. The number of carbonyl (C=O) groups is 3. The molecule has 0 aliphatic carbocycles. The second-order valence-corrected chi connectivity index (χ2v) is 5.27. The summed E-state index contributed by atoms with van der Waals surface area (Å²) >= 11 is 0. The number of likely N-dealkylation sites (tertiary alicyclic amines) is 1. The lowest BCUT2D eigenvalue weighted by atomic mass is 10.2. The molecule has 0 aromatic heterocycles. The fraction of sp³-hybridized carbons (Fsp3) is 0.400. The first-order valence-electron chi connectivity index (χ1n) is 7.40. The summed E-state index contributed by atoms with van der Waals surface area (Å²) in [7, 11) is 0. The highest BCUT2D eigenvalue weighted by molar-refractivity contribution is 6.39. The molecule has 24 heavy (non-hydrogen) atoms. The van der Waals surface area contributed by atoms with Crippen LogP contribution in [0.15, 0.2) is 12.1 Å². The molecular weight excluding hydrogens is 327 g/mol. The summed E-state index contributed by atoms with van der Waals surface area (Å²) in [6.07, 6.45) is 1.80. The van der Waals surface area contributed by atoms with Crippen molar-refractivity contribution in [2.24, 2.45) is 0 Å². The highest BCUT2D eigenvalue weighted by Crippen LogP contribution is 2.19. The molecule has 0 bridgehead atoms. The van der Waals surface area contributed by atoms with E-state index in [-0.39, 0.29) is 12.5 Å². The third-order valence-corrected chi connectivity index (χ3v) is 3.55. The largest absolute Gasteiger partial charge is 0.348 e. The quantitative estimate of drug-likeness (QED) is 0.479. The second kappa shape index (κ2) is 7.80. The molecule has 1 aliphatic heterocycles. The zero-order valence-electron chi connectivity index (χ0n) is 12.7. The van der Waals surface area contributed by atoms with Gasteiger partial charge in [-0.05, 0) is 25.0 Å². The molecular formula is C15H16F3N3O3. The van der Waals surface area contributed by atoms with Crippen molar-refractivity contribution in [1.29, 1.82) is 0 Å². The van der Waals surface area contributed by atoms with Crippen molar-refractivity contribution in [2.45, 2.75) is 19.3 Å². The van der Waals surface area contributed by atoms with Crippen molar-refractivity contribution in [3.05, 3.63) is 29.6 Å². The van der Waals surface area contributed by atoms with Crippen LogP contribution >= 0.6 is 0 Å². The molecule has 0 atom stereocenters.